The van der Waals surface area contributed by atoms with Crippen LogP contribution in [0.1, 0.15) is 12.8 Å². The highest BCUT2D eigenvalue weighted by Gasteiger charge is 2.16. The van der Waals surface area contributed by atoms with Crippen LogP contribution in [0.3, 0.4) is 0 Å². The van der Waals surface area contributed by atoms with Crippen molar-refractivity contribution in [3.63, 3.8) is 0 Å². The van der Waals surface area contributed by atoms with E-state index in [1.165, 1.54) is 0 Å². The Labute approximate surface area is 155 Å². The Balaban J connectivity index is 1.56. The number of rotatable bonds is 6. The predicted octanol–water partition coefficient (Wildman–Crippen LogP) is 3.31. The molecule has 0 radical (unpaired) electrons. The smallest absolute Gasteiger partial charge is 0.214 e. The second kappa shape index (κ2) is 7.51. The first kappa shape index (κ1) is 17.1. The minimum Gasteiger partial charge on any atom is -0.493 e. The third kappa shape index (κ3) is 3.34. The van der Waals surface area contributed by atoms with Crippen LogP contribution in [0, 0.1) is 5.92 Å². The van der Waals surface area contributed by atoms with Gasteiger partial charge in [0.15, 0.2) is 11.5 Å². The van der Waals surface area contributed by atoms with Gasteiger partial charge in [-0.1, -0.05) is 11.3 Å². The number of aromatic nitrogens is 3. The van der Waals surface area contributed by atoms with Gasteiger partial charge >= 0.3 is 0 Å². The van der Waals surface area contributed by atoms with Crippen LogP contribution in [0.4, 0.5) is 5.13 Å². The molecule has 2 aromatic heterocycles. The summed E-state index contributed by atoms with van der Waals surface area (Å²) in [6.45, 7) is 2.64. The first-order valence-corrected chi connectivity index (χ1v) is 9.48. The highest BCUT2D eigenvalue weighted by atomic mass is 32.1. The quantitative estimate of drug-likeness (QED) is 0.714. The number of ether oxygens (including phenoxy) is 3. The number of benzene rings is 1. The maximum atomic E-state index is 5.41. The monoisotopic (exact) mass is 374 g/mol. The molecule has 26 heavy (non-hydrogen) atoms. The Morgan fingerprint density at radius 3 is 2.81 bits per heavy atom. The molecule has 7 nitrogen and oxygen atoms in total. The van der Waals surface area contributed by atoms with E-state index in [2.05, 4.69) is 15.4 Å². The van der Waals surface area contributed by atoms with Gasteiger partial charge in [-0.25, -0.2) is 9.50 Å². The molecule has 1 aromatic carbocycles. The van der Waals surface area contributed by atoms with Gasteiger partial charge in [-0.2, -0.15) is 0 Å². The molecule has 3 aromatic rings. The van der Waals surface area contributed by atoms with Gasteiger partial charge in [0.1, 0.15) is 0 Å². The molecule has 3 heterocycles. The van der Waals surface area contributed by atoms with Crippen molar-refractivity contribution in [2.75, 3.05) is 39.3 Å². The van der Waals surface area contributed by atoms with Crippen LogP contribution in [0.5, 0.6) is 11.5 Å². The summed E-state index contributed by atoms with van der Waals surface area (Å²) in [5, 5.41) is 9.04. The van der Waals surface area contributed by atoms with Crippen LogP contribution >= 0.6 is 11.3 Å². The van der Waals surface area contributed by atoms with Gasteiger partial charge in [0.2, 0.25) is 10.1 Å². The van der Waals surface area contributed by atoms with Crippen molar-refractivity contribution in [3.8, 4) is 22.8 Å². The lowest BCUT2D eigenvalue weighted by molar-refractivity contribution is 0.0699. The molecule has 1 fully saturated rings. The lowest BCUT2D eigenvalue weighted by Crippen LogP contribution is -2.22. The van der Waals surface area contributed by atoms with Crippen LogP contribution in [-0.4, -0.2) is 48.6 Å². The Kier molecular flexibility index (Phi) is 4.94. The predicted molar refractivity (Wildman–Crippen MR) is 101 cm³/mol. The van der Waals surface area contributed by atoms with Gasteiger partial charge in [0.05, 0.1) is 26.1 Å². The fourth-order valence-electron chi connectivity index (χ4n) is 3.14. The van der Waals surface area contributed by atoms with E-state index in [-0.39, 0.29) is 0 Å². The number of fused-ring (bicyclic) bond motifs is 1. The molecule has 1 aliphatic rings. The average Bonchev–Trinajstić information content (AvgIpc) is 3.27. The minimum atomic E-state index is 0.644. The van der Waals surface area contributed by atoms with E-state index >= 15 is 0 Å². The van der Waals surface area contributed by atoms with E-state index in [0.29, 0.717) is 17.4 Å². The molecule has 1 saturated heterocycles. The van der Waals surface area contributed by atoms with Crippen molar-refractivity contribution in [1.29, 1.82) is 0 Å². The minimum absolute atomic E-state index is 0.644. The fourth-order valence-corrected chi connectivity index (χ4v) is 3.92. The van der Waals surface area contributed by atoms with E-state index in [0.717, 1.165) is 53.9 Å². The molecule has 1 N–H and O–H groups in total. The van der Waals surface area contributed by atoms with Gasteiger partial charge in [-0.3, -0.25) is 0 Å². The molecule has 0 unspecified atom stereocenters. The van der Waals surface area contributed by atoms with Crippen LogP contribution < -0.4 is 14.8 Å². The molecule has 0 amide bonds. The van der Waals surface area contributed by atoms with Crippen molar-refractivity contribution in [2.24, 2.45) is 5.92 Å². The molecule has 0 spiro atoms. The Bertz CT molecular complexity index is 886. The second-order valence-electron chi connectivity index (χ2n) is 6.25. The number of hydrogen-bond acceptors (Lipinski definition) is 7. The summed E-state index contributed by atoms with van der Waals surface area (Å²) in [7, 11) is 3.26. The summed E-state index contributed by atoms with van der Waals surface area (Å²) in [6.07, 6.45) is 4.04. The van der Waals surface area contributed by atoms with E-state index in [1.54, 1.807) is 25.6 Å². The molecular formula is C18H22N4O3S. The second-order valence-corrected chi connectivity index (χ2v) is 7.21. The summed E-state index contributed by atoms with van der Waals surface area (Å²) < 4.78 is 18.0. The number of hydrogen-bond donors (Lipinski definition) is 1. The van der Waals surface area contributed by atoms with E-state index in [4.69, 9.17) is 14.2 Å². The van der Waals surface area contributed by atoms with Crippen molar-refractivity contribution >= 4 is 21.4 Å². The zero-order valence-corrected chi connectivity index (χ0v) is 15.7. The number of nitrogens with one attached hydrogen (secondary N) is 1. The third-order valence-electron chi connectivity index (χ3n) is 4.65. The topological polar surface area (TPSA) is 69.9 Å². The van der Waals surface area contributed by atoms with Gasteiger partial charge in [0.25, 0.3) is 0 Å². The van der Waals surface area contributed by atoms with Crippen molar-refractivity contribution < 1.29 is 14.2 Å². The molecule has 0 atom stereocenters. The molecule has 4 rings (SSSR count). The van der Waals surface area contributed by atoms with Crippen molar-refractivity contribution in [1.82, 2.24) is 14.6 Å². The molecule has 0 bridgehead atoms. The van der Waals surface area contributed by atoms with Crippen LogP contribution in [0.15, 0.2) is 24.4 Å². The normalized spacial score (nSPS) is 15.3. The standard InChI is InChI=1S/C18H22N4O3S/c1-23-15-4-3-13(9-16(15)24-2)14-11-20-18-22(14)21-17(26-18)19-10-12-5-7-25-8-6-12/h3-4,9,11-12H,5-8,10H2,1-2H3,(H,19,21). The summed E-state index contributed by atoms with van der Waals surface area (Å²) in [5.41, 5.74) is 1.91. The molecule has 138 valence electrons. The first-order valence-electron chi connectivity index (χ1n) is 8.67. The lowest BCUT2D eigenvalue weighted by Gasteiger charge is -2.21. The van der Waals surface area contributed by atoms with Crippen LogP contribution in [0.25, 0.3) is 16.2 Å². The Morgan fingerprint density at radius 2 is 2.04 bits per heavy atom. The van der Waals surface area contributed by atoms with Crippen LogP contribution in [0.2, 0.25) is 0 Å². The summed E-state index contributed by atoms with van der Waals surface area (Å²) in [6, 6.07) is 5.82. The molecular weight excluding hydrogens is 352 g/mol. The highest BCUT2D eigenvalue weighted by molar-refractivity contribution is 7.20. The van der Waals surface area contributed by atoms with Crippen molar-refractivity contribution in [2.45, 2.75) is 12.8 Å². The number of methoxy groups -OCH3 is 2. The Hall–Kier alpha value is -2.32. The molecule has 1 aliphatic heterocycles. The van der Waals surface area contributed by atoms with Crippen LogP contribution in [-0.2, 0) is 4.74 Å². The third-order valence-corrected chi connectivity index (χ3v) is 5.53. The van der Waals surface area contributed by atoms with Gasteiger partial charge < -0.3 is 19.5 Å². The first-order chi connectivity index (χ1) is 12.8. The largest absolute Gasteiger partial charge is 0.493 e. The van der Waals surface area contributed by atoms with Gasteiger partial charge in [0, 0.05) is 25.3 Å². The van der Waals surface area contributed by atoms with E-state index in [9.17, 15) is 0 Å². The summed E-state index contributed by atoms with van der Waals surface area (Å²) in [5.74, 6) is 2.03. The average molecular weight is 374 g/mol. The summed E-state index contributed by atoms with van der Waals surface area (Å²) >= 11 is 1.56. The molecule has 8 heteroatoms. The van der Waals surface area contributed by atoms with Gasteiger partial charge in [-0.15, -0.1) is 5.10 Å². The van der Waals surface area contributed by atoms with E-state index < -0.39 is 0 Å². The molecule has 0 aliphatic carbocycles. The van der Waals surface area contributed by atoms with Gasteiger partial charge in [-0.05, 0) is 37.0 Å². The number of anilines is 1. The number of imidazole rings is 1. The van der Waals surface area contributed by atoms with Crippen molar-refractivity contribution in [3.05, 3.63) is 24.4 Å². The van der Waals surface area contributed by atoms with E-state index in [1.807, 2.05) is 28.9 Å². The fraction of sp³-hybridized carbons (Fsp3) is 0.444. The SMILES string of the molecule is COc1ccc(-c2cnc3sc(NCC4CCOCC4)nn23)cc1OC. The zero-order valence-electron chi connectivity index (χ0n) is 14.9. The highest BCUT2D eigenvalue weighted by Crippen LogP contribution is 2.33. The lowest BCUT2D eigenvalue weighted by atomic mass is 10.0. The molecule has 0 saturated carbocycles. The maximum absolute atomic E-state index is 5.41. The summed E-state index contributed by atoms with van der Waals surface area (Å²) in [4.78, 5) is 5.36. The maximum Gasteiger partial charge on any atom is 0.214 e. The zero-order chi connectivity index (χ0) is 17.9. The Morgan fingerprint density at radius 1 is 1.23 bits per heavy atom. The number of nitrogens with zero attached hydrogens (tertiary/aromatic N) is 3.